The molecule has 0 saturated heterocycles. The average Bonchev–Trinajstić information content (AvgIpc) is 3.03. The summed E-state index contributed by atoms with van der Waals surface area (Å²) in [6.07, 6.45) is -0.0182. The van der Waals surface area contributed by atoms with Crippen LogP contribution >= 0.6 is 0 Å². The first-order valence-corrected chi connectivity index (χ1v) is 7.14. The average molecular weight is 342 g/mol. The van der Waals surface area contributed by atoms with Crippen molar-refractivity contribution in [2.45, 2.75) is 6.42 Å². The van der Waals surface area contributed by atoms with Crippen molar-refractivity contribution in [3.63, 3.8) is 0 Å². The molecule has 0 radical (unpaired) electrons. The zero-order valence-corrected chi connectivity index (χ0v) is 12.7. The number of amides is 1. The number of hydrogen-bond donors (Lipinski definition) is 1. The van der Waals surface area contributed by atoms with Crippen LogP contribution in [0.2, 0.25) is 0 Å². The molecule has 3 aromatic rings. The van der Waals surface area contributed by atoms with E-state index < -0.39 is 16.6 Å². The number of nitro groups is 1. The molecule has 1 aromatic heterocycles. The molecule has 2 aromatic carbocycles. The zero-order chi connectivity index (χ0) is 17.8. The van der Waals surface area contributed by atoms with E-state index in [0.29, 0.717) is 11.1 Å². The van der Waals surface area contributed by atoms with E-state index >= 15 is 0 Å². The van der Waals surface area contributed by atoms with Gasteiger partial charge in [-0.2, -0.15) is 0 Å². The minimum absolute atomic E-state index is 0.0182. The van der Waals surface area contributed by atoms with Gasteiger partial charge in [-0.15, -0.1) is 5.10 Å². The molecular formula is C16H11FN4O4. The van der Waals surface area contributed by atoms with E-state index in [0.717, 1.165) is 0 Å². The van der Waals surface area contributed by atoms with E-state index in [1.54, 1.807) is 6.07 Å². The lowest BCUT2D eigenvalue weighted by molar-refractivity contribution is -0.384. The Balaban J connectivity index is 1.64. The number of hydrogen-bond acceptors (Lipinski definition) is 6. The first-order valence-electron chi connectivity index (χ1n) is 7.14. The van der Waals surface area contributed by atoms with Crippen molar-refractivity contribution in [3.8, 4) is 11.5 Å². The molecule has 3 rings (SSSR count). The van der Waals surface area contributed by atoms with Crippen LogP contribution in [0.1, 0.15) is 5.56 Å². The van der Waals surface area contributed by atoms with Gasteiger partial charge >= 0.3 is 6.01 Å². The van der Waals surface area contributed by atoms with Gasteiger partial charge in [-0.1, -0.05) is 23.3 Å². The predicted octanol–water partition coefficient (Wildman–Crippen LogP) is 2.97. The quantitative estimate of drug-likeness (QED) is 0.563. The Bertz CT molecular complexity index is 924. The minimum atomic E-state index is -0.518. The van der Waals surface area contributed by atoms with E-state index in [9.17, 15) is 19.3 Å². The molecule has 25 heavy (non-hydrogen) atoms. The highest BCUT2D eigenvalue weighted by molar-refractivity contribution is 5.90. The van der Waals surface area contributed by atoms with Crippen LogP contribution in [0.4, 0.5) is 16.1 Å². The number of aromatic nitrogens is 2. The van der Waals surface area contributed by atoms with Gasteiger partial charge in [0.2, 0.25) is 11.8 Å². The molecule has 1 amide bonds. The summed E-state index contributed by atoms with van der Waals surface area (Å²) in [5, 5.41) is 20.4. The maximum atomic E-state index is 13.2. The molecule has 0 saturated carbocycles. The molecule has 1 heterocycles. The van der Waals surface area contributed by atoms with Crippen LogP contribution in [0.3, 0.4) is 0 Å². The van der Waals surface area contributed by atoms with Crippen LogP contribution in [-0.2, 0) is 11.2 Å². The lowest BCUT2D eigenvalue weighted by Gasteiger charge is -2.01. The molecule has 1 N–H and O–H groups in total. The summed E-state index contributed by atoms with van der Waals surface area (Å²) >= 11 is 0. The minimum Gasteiger partial charge on any atom is -0.403 e. The molecule has 8 nitrogen and oxygen atoms in total. The first-order chi connectivity index (χ1) is 12.0. The Labute approximate surface area is 140 Å². The van der Waals surface area contributed by atoms with Gasteiger partial charge in [-0.25, -0.2) is 4.39 Å². The highest BCUT2D eigenvalue weighted by atomic mass is 19.1. The molecule has 0 bridgehead atoms. The van der Waals surface area contributed by atoms with Crippen molar-refractivity contribution in [3.05, 3.63) is 70.0 Å². The summed E-state index contributed by atoms with van der Waals surface area (Å²) in [7, 11) is 0. The number of rotatable bonds is 5. The van der Waals surface area contributed by atoms with Crippen molar-refractivity contribution in [1.29, 1.82) is 0 Å². The summed E-state index contributed by atoms with van der Waals surface area (Å²) < 4.78 is 18.5. The standard InChI is InChI=1S/C16H11FN4O4/c17-12-3-1-2-11(9-12)15-19-20-16(25-15)18-14(22)8-10-4-6-13(7-5-10)21(23)24/h1-7,9H,8H2,(H,18,20,22). The Hall–Kier alpha value is -3.62. The van der Waals surface area contributed by atoms with Gasteiger partial charge in [0.15, 0.2) is 0 Å². The van der Waals surface area contributed by atoms with E-state index in [1.807, 2.05) is 0 Å². The van der Waals surface area contributed by atoms with Gasteiger partial charge in [0.1, 0.15) is 5.82 Å². The van der Waals surface area contributed by atoms with Crippen LogP contribution in [0.5, 0.6) is 0 Å². The fraction of sp³-hybridized carbons (Fsp3) is 0.0625. The smallest absolute Gasteiger partial charge is 0.322 e. The summed E-state index contributed by atoms with van der Waals surface area (Å²) in [4.78, 5) is 22.0. The third-order valence-corrected chi connectivity index (χ3v) is 3.25. The second-order valence-corrected chi connectivity index (χ2v) is 5.07. The number of benzene rings is 2. The van der Waals surface area contributed by atoms with Crippen LogP contribution < -0.4 is 5.32 Å². The number of non-ortho nitro benzene ring substituents is 1. The fourth-order valence-electron chi connectivity index (χ4n) is 2.10. The predicted molar refractivity (Wildman–Crippen MR) is 85.1 cm³/mol. The molecule has 0 fully saturated rings. The molecule has 0 aliphatic rings. The highest BCUT2D eigenvalue weighted by Crippen LogP contribution is 2.20. The number of nitro benzene ring substituents is 1. The molecule has 126 valence electrons. The maximum Gasteiger partial charge on any atom is 0.322 e. The highest BCUT2D eigenvalue weighted by Gasteiger charge is 2.13. The first kappa shape index (κ1) is 16.2. The monoisotopic (exact) mass is 342 g/mol. The third kappa shape index (κ3) is 4.02. The SMILES string of the molecule is O=C(Cc1ccc([N+](=O)[O-])cc1)Nc1nnc(-c2cccc(F)c2)o1. The Morgan fingerprint density at radius 2 is 1.96 bits per heavy atom. The fourth-order valence-corrected chi connectivity index (χ4v) is 2.10. The topological polar surface area (TPSA) is 111 Å². The van der Waals surface area contributed by atoms with Crippen molar-refractivity contribution < 1.29 is 18.5 Å². The van der Waals surface area contributed by atoms with Crippen molar-refractivity contribution in [1.82, 2.24) is 10.2 Å². The molecule has 9 heteroatoms. The van der Waals surface area contributed by atoms with Crippen molar-refractivity contribution in [2.75, 3.05) is 5.32 Å². The van der Waals surface area contributed by atoms with E-state index in [2.05, 4.69) is 15.5 Å². The van der Waals surface area contributed by atoms with Crippen molar-refractivity contribution in [2.24, 2.45) is 0 Å². The van der Waals surface area contributed by atoms with Crippen LogP contribution in [0.25, 0.3) is 11.5 Å². The Morgan fingerprint density at radius 1 is 1.20 bits per heavy atom. The third-order valence-electron chi connectivity index (χ3n) is 3.25. The molecule has 0 aliphatic heterocycles. The number of nitrogens with zero attached hydrogens (tertiary/aromatic N) is 3. The number of nitrogens with one attached hydrogen (secondary N) is 1. The molecule has 0 spiro atoms. The maximum absolute atomic E-state index is 13.2. The zero-order valence-electron chi connectivity index (χ0n) is 12.7. The second kappa shape index (κ2) is 6.87. The van der Waals surface area contributed by atoms with Gasteiger partial charge in [0.05, 0.1) is 11.3 Å². The van der Waals surface area contributed by atoms with Gasteiger partial charge in [-0.3, -0.25) is 20.2 Å². The van der Waals surface area contributed by atoms with E-state index in [4.69, 9.17) is 4.42 Å². The van der Waals surface area contributed by atoms with Crippen LogP contribution in [0.15, 0.2) is 52.9 Å². The van der Waals surface area contributed by atoms with E-state index in [-0.39, 0.29) is 24.0 Å². The van der Waals surface area contributed by atoms with Gasteiger partial charge in [-0.05, 0) is 23.8 Å². The largest absolute Gasteiger partial charge is 0.403 e. The van der Waals surface area contributed by atoms with E-state index in [1.165, 1.54) is 42.5 Å². The molecule has 0 unspecified atom stereocenters. The summed E-state index contributed by atoms with van der Waals surface area (Å²) in [5.41, 5.74) is 0.928. The summed E-state index contributed by atoms with van der Waals surface area (Å²) in [6.45, 7) is 0. The lowest BCUT2D eigenvalue weighted by Crippen LogP contribution is -2.14. The Morgan fingerprint density at radius 3 is 2.64 bits per heavy atom. The second-order valence-electron chi connectivity index (χ2n) is 5.07. The van der Waals surface area contributed by atoms with Crippen molar-refractivity contribution >= 4 is 17.6 Å². The van der Waals surface area contributed by atoms with Gasteiger partial charge in [0.25, 0.3) is 5.69 Å². The lowest BCUT2D eigenvalue weighted by atomic mass is 10.1. The van der Waals surface area contributed by atoms with Crippen LogP contribution in [-0.4, -0.2) is 21.0 Å². The van der Waals surface area contributed by atoms with Crippen LogP contribution in [0, 0.1) is 15.9 Å². The summed E-state index contributed by atoms with van der Waals surface area (Å²) in [6, 6.07) is 11.1. The summed E-state index contributed by atoms with van der Waals surface area (Å²) in [5.74, 6) is -0.798. The number of anilines is 1. The van der Waals surface area contributed by atoms with Gasteiger partial charge < -0.3 is 4.42 Å². The molecule has 0 atom stereocenters. The number of carbonyl (C=O) groups excluding carboxylic acids is 1. The molecular weight excluding hydrogens is 331 g/mol. The normalized spacial score (nSPS) is 10.4. The number of halogens is 1. The van der Waals surface area contributed by atoms with Gasteiger partial charge in [0, 0.05) is 17.7 Å². The Kier molecular flexibility index (Phi) is 4.46. The number of carbonyl (C=O) groups is 1. The molecule has 0 aliphatic carbocycles.